The van der Waals surface area contributed by atoms with Gasteiger partial charge in [0.2, 0.25) is 0 Å². The summed E-state index contributed by atoms with van der Waals surface area (Å²) in [5.41, 5.74) is 1.10. The standard InChI is InChI=1S/C35H70N2O5.C31H52O5.C10H24N2O2/c1-7-13-16-18-22-32(21-15-9-3)31-41-34(38)25-20-24-33(23-19-17-14-8-2)42-35(39)40-30-29-37(26-10-4)28-27-36(11-5)12-6;1-5-8-11-13-17-27(16-10-7-3)25-34-30(32)20-15-19-28(18-14-12-9-6-2)35-31(33)36-29-23-21-26(4)22-24-29;1-3-11(4-2)5-6-12(7-9-13)8-10-14/h32-33H,7-31H2,1-6H3;21-24,27-28H,5-20,25H2,1-4H3;13-14H,3-10H2,1-2H3. The van der Waals surface area contributed by atoms with Gasteiger partial charge in [-0.1, -0.05) is 209 Å². The minimum atomic E-state index is -0.677. The van der Waals surface area contributed by atoms with Crippen molar-refractivity contribution < 1.29 is 57.8 Å². The molecular weight excluding hydrogens is 1160 g/mol. The molecule has 1 aromatic rings. The van der Waals surface area contributed by atoms with Crippen LogP contribution in [0.1, 0.15) is 294 Å². The summed E-state index contributed by atoms with van der Waals surface area (Å²) < 4.78 is 33.6. The molecule has 542 valence electrons. The largest absolute Gasteiger partial charge is 0.514 e. The minimum Gasteiger partial charge on any atom is -0.465 e. The van der Waals surface area contributed by atoms with Gasteiger partial charge in [0, 0.05) is 58.7 Å². The number of rotatable bonds is 60. The molecule has 0 saturated carbocycles. The maximum atomic E-state index is 12.6. The van der Waals surface area contributed by atoms with Gasteiger partial charge in [0.05, 0.1) is 26.4 Å². The van der Waals surface area contributed by atoms with Gasteiger partial charge in [-0.2, -0.15) is 0 Å². The lowest BCUT2D eigenvalue weighted by atomic mass is 9.96. The van der Waals surface area contributed by atoms with E-state index in [4.69, 9.17) is 38.6 Å². The molecule has 0 saturated heterocycles. The number of nitrogens with zero attached hydrogens (tertiary/aromatic N) is 4. The first-order chi connectivity index (χ1) is 44.7. The first kappa shape index (κ1) is 90.5. The quantitative estimate of drug-likeness (QED) is 0.0272. The number of unbranched alkanes of at least 4 members (excludes halogenated alkanes) is 14. The average molecular weight is 1310 g/mol. The highest BCUT2D eigenvalue weighted by Crippen LogP contribution is 2.23. The van der Waals surface area contributed by atoms with Gasteiger partial charge < -0.3 is 48.4 Å². The molecule has 16 nitrogen and oxygen atoms in total. The van der Waals surface area contributed by atoms with Gasteiger partial charge in [0.25, 0.3) is 0 Å². The number of hydrogen-bond acceptors (Lipinski definition) is 16. The van der Waals surface area contributed by atoms with Crippen molar-refractivity contribution in [2.24, 2.45) is 11.8 Å². The summed E-state index contributed by atoms with van der Waals surface area (Å²) in [5.74, 6) is 1.15. The van der Waals surface area contributed by atoms with E-state index in [-0.39, 0.29) is 37.4 Å². The van der Waals surface area contributed by atoms with E-state index >= 15 is 0 Å². The molecule has 0 aliphatic rings. The lowest BCUT2D eigenvalue weighted by Gasteiger charge is -2.26. The predicted molar refractivity (Wildman–Crippen MR) is 382 cm³/mol. The van der Waals surface area contributed by atoms with E-state index in [2.05, 4.69) is 95.8 Å². The second-order valence-corrected chi connectivity index (χ2v) is 25.5. The second-order valence-electron chi connectivity index (χ2n) is 25.5. The van der Waals surface area contributed by atoms with E-state index in [1.54, 1.807) is 12.1 Å². The van der Waals surface area contributed by atoms with Crippen LogP contribution in [0.4, 0.5) is 9.59 Å². The summed E-state index contributed by atoms with van der Waals surface area (Å²) in [4.78, 5) is 59.0. The fourth-order valence-electron chi connectivity index (χ4n) is 11.2. The van der Waals surface area contributed by atoms with Gasteiger partial charge >= 0.3 is 24.2 Å². The van der Waals surface area contributed by atoms with Gasteiger partial charge in [0.1, 0.15) is 24.6 Å². The molecular formula is C76H146N4O12. The number of carbonyl (C=O) groups is 4. The Labute approximate surface area is 565 Å². The van der Waals surface area contributed by atoms with Crippen molar-refractivity contribution >= 4 is 24.2 Å². The average Bonchev–Trinajstić information content (AvgIpc) is 3.73. The van der Waals surface area contributed by atoms with Gasteiger partial charge in [-0.25, -0.2) is 9.59 Å². The van der Waals surface area contributed by atoms with Crippen LogP contribution in [0.2, 0.25) is 0 Å². The van der Waals surface area contributed by atoms with Gasteiger partial charge in [-0.05, 0) is 147 Å². The maximum absolute atomic E-state index is 12.6. The fourth-order valence-corrected chi connectivity index (χ4v) is 11.2. The van der Waals surface area contributed by atoms with Crippen LogP contribution >= 0.6 is 0 Å². The zero-order chi connectivity index (χ0) is 68.5. The molecule has 16 heteroatoms. The molecule has 0 spiro atoms. The Hall–Kier alpha value is -3.54. The van der Waals surface area contributed by atoms with E-state index < -0.39 is 12.3 Å². The molecule has 4 unspecified atom stereocenters. The summed E-state index contributed by atoms with van der Waals surface area (Å²) in [7, 11) is 0. The second kappa shape index (κ2) is 67.4. The highest BCUT2D eigenvalue weighted by molar-refractivity contribution is 5.69. The smallest absolute Gasteiger partial charge is 0.465 e. The Morgan fingerprint density at radius 2 is 0.728 bits per heavy atom. The van der Waals surface area contributed by atoms with Crippen LogP contribution in [0.25, 0.3) is 0 Å². The van der Waals surface area contributed by atoms with E-state index in [1.165, 1.54) is 96.3 Å². The molecule has 0 aliphatic heterocycles. The van der Waals surface area contributed by atoms with Gasteiger partial charge in [-0.3, -0.25) is 19.4 Å². The molecule has 0 aliphatic carbocycles. The van der Waals surface area contributed by atoms with Crippen molar-refractivity contribution in [2.75, 3.05) is 112 Å². The van der Waals surface area contributed by atoms with Crippen LogP contribution in [-0.4, -0.2) is 178 Å². The summed E-state index contributed by atoms with van der Waals surface area (Å²) in [6, 6.07) is 7.32. The third kappa shape index (κ3) is 56.8. The maximum Gasteiger partial charge on any atom is 0.514 e. The lowest BCUT2D eigenvalue weighted by Crippen LogP contribution is -2.37. The number of likely N-dealkylation sites (N-methyl/N-ethyl adjacent to an activating group) is 2. The Balaban J connectivity index is 0. The van der Waals surface area contributed by atoms with Crippen LogP contribution in [0.3, 0.4) is 0 Å². The third-order valence-electron chi connectivity index (χ3n) is 17.4. The van der Waals surface area contributed by atoms with E-state index in [1.807, 2.05) is 19.1 Å². The highest BCUT2D eigenvalue weighted by atomic mass is 16.7. The molecule has 0 aromatic heterocycles. The van der Waals surface area contributed by atoms with Gasteiger partial charge in [0.15, 0.2) is 0 Å². The zero-order valence-corrected chi connectivity index (χ0v) is 61.7. The Kier molecular flexibility index (Phi) is 66.4. The number of carbonyl (C=O) groups excluding carboxylic acids is 4. The summed E-state index contributed by atoms with van der Waals surface area (Å²) >= 11 is 0. The van der Waals surface area contributed by atoms with Crippen molar-refractivity contribution in [3.05, 3.63) is 29.8 Å². The lowest BCUT2D eigenvalue weighted by molar-refractivity contribution is -0.146. The van der Waals surface area contributed by atoms with Crippen molar-refractivity contribution in [1.29, 1.82) is 0 Å². The normalized spacial score (nSPS) is 12.6. The summed E-state index contributed by atoms with van der Waals surface area (Å²) in [6.07, 6.45) is 32.5. The van der Waals surface area contributed by atoms with Crippen LogP contribution in [0, 0.1) is 18.8 Å². The van der Waals surface area contributed by atoms with E-state index in [9.17, 15) is 19.2 Å². The van der Waals surface area contributed by atoms with Gasteiger partial charge in [-0.15, -0.1) is 0 Å². The summed E-state index contributed by atoms with van der Waals surface area (Å²) in [6.45, 7) is 39.0. The fraction of sp³-hybridized carbons (Fsp3) is 0.868. The van der Waals surface area contributed by atoms with Crippen molar-refractivity contribution in [2.45, 2.75) is 307 Å². The number of esters is 2. The molecule has 1 aromatic carbocycles. The SMILES string of the molecule is CCCCCCC(CCCC)COC(=O)CCCC(CCCCCC)OC(=O)OCCN(CCC)CCN(CC)CC.CCCCCCC(CCCC)COC(=O)CCCC(CCCCCC)OC(=O)Oc1ccc(C)cc1.CCN(CC)CCN(CCO)CCO. The number of ether oxygens (including phenoxy) is 6. The number of aryl methyl sites for hydroxylation is 1. The number of hydrogen-bond donors (Lipinski definition) is 2. The third-order valence-corrected chi connectivity index (χ3v) is 17.4. The molecule has 92 heavy (non-hydrogen) atoms. The number of benzene rings is 1. The Morgan fingerprint density at radius 1 is 0.370 bits per heavy atom. The summed E-state index contributed by atoms with van der Waals surface area (Å²) in [5, 5.41) is 17.6. The number of aliphatic hydroxyl groups excluding tert-OH is 2. The van der Waals surface area contributed by atoms with Crippen LogP contribution in [0.15, 0.2) is 24.3 Å². The molecule has 0 amide bonds. The van der Waals surface area contributed by atoms with Crippen molar-refractivity contribution in [3.63, 3.8) is 0 Å². The predicted octanol–water partition coefficient (Wildman–Crippen LogP) is 18.0. The molecule has 0 bridgehead atoms. The first-order valence-electron chi connectivity index (χ1n) is 37.9. The molecule has 2 N–H and O–H groups in total. The molecule has 1 rings (SSSR count). The topological polar surface area (TPSA) is 177 Å². The minimum absolute atomic E-state index is 0.127. The highest BCUT2D eigenvalue weighted by Gasteiger charge is 2.21. The van der Waals surface area contributed by atoms with E-state index in [0.717, 1.165) is 148 Å². The zero-order valence-electron chi connectivity index (χ0n) is 61.7. The monoisotopic (exact) mass is 1310 g/mol. The molecule has 0 fully saturated rings. The van der Waals surface area contributed by atoms with Crippen LogP contribution in [-0.2, 0) is 33.3 Å². The van der Waals surface area contributed by atoms with Crippen LogP contribution < -0.4 is 4.74 Å². The Bertz CT molecular complexity index is 1770. The van der Waals surface area contributed by atoms with Crippen molar-refractivity contribution in [1.82, 2.24) is 19.6 Å². The molecule has 0 radical (unpaired) electrons. The Morgan fingerprint density at radius 3 is 1.11 bits per heavy atom. The van der Waals surface area contributed by atoms with Crippen molar-refractivity contribution in [3.8, 4) is 5.75 Å². The number of aliphatic hydroxyl groups is 2. The molecule has 0 heterocycles. The first-order valence-corrected chi connectivity index (χ1v) is 37.9. The van der Waals surface area contributed by atoms with E-state index in [0.29, 0.717) is 89.0 Å². The van der Waals surface area contributed by atoms with Crippen LogP contribution in [0.5, 0.6) is 5.75 Å². The molecule has 4 atom stereocenters.